The number of nitrogens with zero attached hydrogens (tertiary/aromatic N) is 1. The Labute approximate surface area is 235 Å². The fourth-order valence-corrected chi connectivity index (χ4v) is 6.43. The summed E-state index contributed by atoms with van der Waals surface area (Å²) in [4.78, 5) is 38.5. The number of aliphatic carboxylic acids is 1. The zero-order valence-corrected chi connectivity index (χ0v) is 24.0. The van der Waals surface area contributed by atoms with Crippen molar-refractivity contribution in [2.45, 2.75) is 83.5 Å². The van der Waals surface area contributed by atoms with E-state index in [9.17, 15) is 24.8 Å². The predicted octanol–water partition coefficient (Wildman–Crippen LogP) is 3.66. The lowest BCUT2D eigenvalue weighted by Crippen LogP contribution is -2.51. The first-order valence-electron chi connectivity index (χ1n) is 14.1. The Morgan fingerprint density at radius 3 is 2.38 bits per heavy atom. The molecule has 1 aromatic rings. The molecule has 3 fully saturated rings. The van der Waals surface area contributed by atoms with E-state index in [1.807, 2.05) is 13.8 Å². The summed E-state index contributed by atoms with van der Waals surface area (Å²) in [5, 5.41) is 25.4. The molecule has 10 heteroatoms. The Kier molecular flexibility index (Phi) is 8.64. The largest absolute Gasteiger partial charge is 0.496 e. The van der Waals surface area contributed by atoms with Gasteiger partial charge < -0.3 is 30.0 Å². The summed E-state index contributed by atoms with van der Waals surface area (Å²) in [5.74, 6) is -0.680. The second-order valence-electron chi connectivity index (χ2n) is 12.4. The summed E-state index contributed by atoms with van der Waals surface area (Å²) in [5.41, 5.74) is -0.822. The normalized spacial score (nSPS) is 29.4. The van der Waals surface area contributed by atoms with Gasteiger partial charge in [0.1, 0.15) is 17.6 Å². The van der Waals surface area contributed by atoms with Gasteiger partial charge in [-0.15, -0.1) is 0 Å². The maximum absolute atomic E-state index is 13.6. The van der Waals surface area contributed by atoms with Gasteiger partial charge in [0.05, 0.1) is 41.3 Å². The van der Waals surface area contributed by atoms with E-state index < -0.39 is 17.0 Å². The summed E-state index contributed by atoms with van der Waals surface area (Å²) in [6.07, 6.45) is 4.54. The molecule has 0 radical (unpaired) electrons. The number of carboxylic acids is 1. The highest BCUT2D eigenvalue weighted by Crippen LogP contribution is 2.49. The number of hydrogen-bond acceptors (Lipinski definition) is 7. The van der Waals surface area contributed by atoms with Gasteiger partial charge in [-0.1, -0.05) is 0 Å². The van der Waals surface area contributed by atoms with Gasteiger partial charge in [-0.05, 0) is 83.6 Å². The lowest BCUT2D eigenvalue weighted by Gasteiger charge is -2.34. The smallest absolute Gasteiger partial charge is 0.309 e. The molecule has 3 N–H and O–H groups in total. The molecule has 0 aromatic heterocycles. The number of ether oxygens (including phenoxy) is 3. The van der Waals surface area contributed by atoms with E-state index in [4.69, 9.17) is 14.2 Å². The van der Waals surface area contributed by atoms with Crippen molar-refractivity contribution in [2.75, 3.05) is 20.8 Å². The van der Waals surface area contributed by atoms with Crippen LogP contribution in [-0.4, -0.2) is 61.4 Å². The number of benzene rings is 1. The fraction of sp³-hybridized carbons (Fsp3) is 0.667. The molecule has 4 rings (SSSR count). The third-order valence-corrected chi connectivity index (χ3v) is 9.27. The number of fused-ring (bicyclic) bond motifs is 2. The van der Waals surface area contributed by atoms with Crippen molar-refractivity contribution in [2.24, 2.45) is 23.2 Å². The molecule has 40 heavy (non-hydrogen) atoms. The van der Waals surface area contributed by atoms with Crippen LogP contribution in [0.1, 0.15) is 81.6 Å². The summed E-state index contributed by atoms with van der Waals surface area (Å²) in [6.45, 7) is 5.92. The van der Waals surface area contributed by atoms with Crippen LogP contribution in [0.4, 0.5) is 0 Å². The first-order valence-corrected chi connectivity index (χ1v) is 14.1. The first-order chi connectivity index (χ1) is 18.9. The van der Waals surface area contributed by atoms with Crippen LogP contribution >= 0.6 is 0 Å². The minimum Gasteiger partial charge on any atom is -0.496 e. The monoisotopic (exact) mass is 555 g/mol. The van der Waals surface area contributed by atoms with Crippen LogP contribution in [0.5, 0.6) is 11.5 Å². The summed E-state index contributed by atoms with van der Waals surface area (Å²) >= 11 is 0. The van der Waals surface area contributed by atoms with E-state index >= 15 is 0 Å². The molecular formula is C30H41N3O7. The maximum atomic E-state index is 13.6. The molecule has 3 aliphatic rings. The minimum absolute atomic E-state index is 0.0795. The molecule has 0 aliphatic heterocycles. The zero-order chi connectivity index (χ0) is 29.2. The van der Waals surface area contributed by atoms with Crippen molar-refractivity contribution in [1.82, 2.24) is 10.6 Å². The van der Waals surface area contributed by atoms with Crippen LogP contribution in [0.15, 0.2) is 12.1 Å². The highest BCUT2D eigenvalue weighted by molar-refractivity contribution is 5.98. The Morgan fingerprint density at radius 2 is 1.77 bits per heavy atom. The van der Waals surface area contributed by atoms with Crippen molar-refractivity contribution in [3.8, 4) is 17.6 Å². The average molecular weight is 556 g/mol. The van der Waals surface area contributed by atoms with Gasteiger partial charge >= 0.3 is 5.97 Å². The SMILES string of the molecule is COc1cc(C#N)c(OC2CCC(C)(C(=O)O)CC2)cc1C(=O)NC1C2CCC(C2)C1C(=O)NCC(C)(C)OC. The van der Waals surface area contributed by atoms with Crippen molar-refractivity contribution < 1.29 is 33.7 Å². The van der Waals surface area contributed by atoms with Gasteiger partial charge in [0.2, 0.25) is 5.91 Å². The summed E-state index contributed by atoms with van der Waals surface area (Å²) in [7, 11) is 3.05. The Hall–Kier alpha value is -3.32. The van der Waals surface area contributed by atoms with E-state index in [1.54, 1.807) is 14.0 Å². The average Bonchev–Trinajstić information content (AvgIpc) is 3.55. The molecule has 0 saturated heterocycles. The van der Waals surface area contributed by atoms with Crippen molar-refractivity contribution >= 4 is 17.8 Å². The van der Waals surface area contributed by atoms with Gasteiger partial charge in [-0.2, -0.15) is 5.26 Å². The molecule has 4 unspecified atom stereocenters. The Balaban J connectivity index is 1.51. The third kappa shape index (κ3) is 6.04. The second kappa shape index (κ2) is 11.7. The van der Waals surface area contributed by atoms with Gasteiger partial charge in [0, 0.05) is 25.8 Å². The number of hydrogen-bond donors (Lipinski definition) is 3. The summed E-state index contributed by atoms with van der Waals surface area (Å²) < 4.78 is 17.1. The molecule has 1 aromatic carbocycles. The van der Waals surface area contributed by atoms with Gasteiger partial charge in [-0.25, -0.2) is 0 Å². The molecule has 3 saturated carbocycles. The van der Waals surface area contributed by atoms with Gasteiger partial charge in [0.15, 0.2) is 0 Å². The summed E-state index contributed by atoms with van der Waals surface area (Å²) in [6, 6.07) is 4.82. The highest BCUT2D eigenvalue weighted by atomic mass is 16.5. The molecule has 10 nitrogen and oxygen atoms in total. The molecular weight excluding hydrogens is 514 g/mol. The number of nitriles is 1. The molecule has 218 valence electrons. The lowest BCUT2D eigenvalue weighted by molar-refractivity contribution is -0.150. The number of nitrogens with one attached hydrogen (secondary N) is 2. The molecule has 0 heterocycles. The van der Waals surface area contributed by atoms with E-state index in [2.05, 4.69) is 16.7 Å². The quantitative estimate of drug-likeness (QED) is 0.396. The number of rotatable bonds is 10. The Bertz CT molecular complexity index is 1180. The minimum atomic E-state index is -0.818. The fourth-order valence-electron chi connectivity index (χ4n) is 6.43. The number of carbonyl (C=O) groups is 3. The number of carboxylic acid groups (broad SMARTS) is 1. The predicted molar refractivity (Wildman–Crippen MR) is 146 cm³/mol. The van der Waals surface area contributed by atoms with E-state index in [-0.39, 0.29) is 64.3 Å². The standard InChI is InChI=1S/C30H41N3O7/c1-29(2,39-5)16-32-27(35)24-17-6-7-18(12-17)25(24)33-26(34)21-14-22(19(15-31)13-23(21)38-4)40-20-8-10-30(3,11-9-20)28(36)37/h13-14,17-18,20,24-25H,6-12,16H2,1-5H3,(H,32,35)(H,33,34)(H,36,37). The number of amides is 2. The van der Waals surface area contributed by atoms with Crippen LogP contribution in [-0.2, 0) is 14.3 Å². The van der Waals surface area contributed by atoms with E-state index in [1.165, 1.54) is 19.2 Å². The van der Waals surface area contributed by atoms with Crippen LogP contribution in [0.25, 0.3) is 0 Å². The Morgan fingerprint density at radius 1 is 1.10 bits per heavy atom. The first kappa shape index (κ1) is 29.7. The third-order valence-electron chi connectivity index (χ3n) is 9.27. The van der Waals surface area contributed by atoms with E-state index in [0.717, 1.165) is 19.3 Å². The van der Waals surface area contributed by atoms with Crippen LogP contribution in [0, 0.1) is 34.5 Å². The number of carbonyl (C=O) groups excluding carboxylic acids is 2. The van der Waals surface area contributed by atoms with Crippen LogP contribution < -0.4 is 20.1 Å². The van der Waals surface area contributed by atoms with Gasteiger partial charge in [0.25, 0.3) is 5.91 Å². The molecule has 4 atom stereocenters. The molecule has 0 spiro atoms. The maximum Gasteiger partial charge on any atom is 0.309 e. The van der Waals surface area contributed by atoms with Crippen molar-refractivity contribution in [3.05, 3.63) is 23.3 Å². The van der Waals surface area contributed by atoms with Crippen LogP contribution in [0.3, 0.4) is 0 Å². The second-order valence-corrected chi connectivity index (χ2v) is 12.4. The highest BCUT2D eigenvalue weighted by Gasteiger charge is 2.51. The van der Waals surface area contributed by atoms with Crippen molar-refractivity contribution in [1.29, 1.82) is 5.26 Å². The molecule has 2 bridgehead atoms. The zero-order valence-electron chi connectivity index (χ0n) is 24.0. The van der Waals surface area contributed by atoms with Gasteiger partial charge in [-0.3, -0.25) is 14.4 Å². The lowest BCUT2D eigenvalue weighted by atomic mass is 9.75. The van der Waals surface area contributed by atoms with Crippen molar-refractivity contribution in [3.63, 3.8) is 0 Å². The van der Waals surface area contributed by atoms with Crippen LogP contribution in [0.2, 0.25) is 0 Å². The molecule has 3 aliphatic carbocycles. The topological polar surface area (TPSA) is 147 Å². The number of methoxy groups -OCH3 is 2. The van der Waals surface area contributed by atoms with E-state index in [0.29, 0.717) is 32.2 Å². The molecule has 2 amide bonds.